The van der Waals surface area contributed by atoms with Crippen molar-refractivity contribution in [2.24, 2.45) is 0 Å². The van der Waals surface area contributed by atoms with Crippen molar-refractivity contribution in [2.45, 2.75) is 19.4 Å². The van der Waals surface area contributed by atoms with Gasteiger partial charge in [0.25, 0.3) is 0 Å². The third kappa shape index (κ3) is 3.27. The van der Waals surface area contributed by atoms with E-state index >= 15 is 0 Å². The molecule has 1 fully saturated rings. The number of nitrogens with zero attached hydrogens (tertiary/aromatic N) is 2. The quantitative estimate of drug-likeness (QED) is 0.812. The fourth-order valence-corrected chi connectivity index (χ4v) is 4.11. The molecular weight excluding hydrogens is 402 g/mol. The van der Waals surface area contributed by atoms with Crippen LogP contribution in [0.5, 0.6) is 0 Å². The minimum atomic E-state index is 0.164. The molecule has 3 rings (SSSR count). The van der Waals surface area contributed by atoms with E-state index in [0.717, 1.165) is 67.1 Å². The minimum Gasteiger partial charge on any atom is -0.379 e. The SMILES string of the molecule is O=C(CCN1CCOCC1)n1c(Br)c(Br)c2c1CCNC2. The highest BCUT2D eigenvalue weighted by Crippen LogP contribution is 2.34. The van der Waals surface area contributed by atoms with Gasteiger partial charge in [-0.25, -0.2) is 0 Å². The second-order valence-electron chi connectivity index (χ2n) is 5.39. The molecule has 0 aliphatic carbocycles. The predicted molar refractivity (Wildman–Crippen MR) is 87.7 cm³/mol. The molecule has 116 valence electrons. The lowest BCUT2D eigenvalue weighted by atomic mass is 10.1. The van der Waals surface area contributed by atoms with Gasteiger partial charge in [0, 0.05) is 56.8 Å². The number of fused-ring (bicyclic) bond motifs is 1. The molecular formula is C14H19Br2N3O2. The van der Waals surface area contributed by atoms with Crippen LogP contribution in [-0.2, 0) is 17.7 Å². The Labute approximate surface area is 141 Å². The summed E-state index contributed by atoms with van der Waals surface area (Å²) in [6.45, 7) is 5.93. The maximum absolute atomic E-state index is 12.6. The van der Waals surface area contributed by atoms with E-state index in [1.165, 1.54) is 5.56 Å². The molecule has 7 heteroatoms. The lowest BCUT2D eigenvalue weighted by molar-refractivity contribution is 0.0363. The minimum absolute atomic E-state index is 0.164. The summed E-state index contributed by atoms with van der Waals surface area (Å²) in [5.41, 5.74) is 2.34. The van der Waals surface area contributed by atoms with Gasteiger partial charge in [-0.1, -0.05) is 0 Å². The van der Waals surface area contributed by atoms with Crippen LogP contribution in [0.1, 0.15) is 22.5 Å². The molecule has 2 aliphatic heterocycles. The van der Waals surface area contributed by atoms with Crippen molar-refractivity contribution < 1.29 is 9.53 Å². The Balaban J connectivity index is 1.72. The summed E-state index contributed by atoms with van der Waals surface area (Å²) >= 11 is 7.16. The van der Waals surface area contributed by atoms with Crippen LogP contribution >= 0.6 is 31.9 Å². The fraction of sp³-hybridized carbons (Fsp3) is 0.643. The highest BCUT2D eigenvalue weighted by molar-refractivity contribution is 9.13. The molecule has 0 aromatic carbocycles. The van der Waals surface area contributed by atoms with Crippen LogP contribution in [0, 0.1) is 0 Å². The molecule has 1 aromatic heterocycles. The number of ether oxygens (including phenoxy) is 1. The smallest absolute Gasteiger partial charge is 0.233 e. The largest absolute Gasteiger partial charge is 0.379 e. The van der Waals surface area contributed by atoms with E-state index in [-0.39, 0.29) is 5.91 Å². The Morgan fingerprint density at radius 2 is 2.05 bits per heavy atom. The van der Waals surface area contributed by atoms with Gasteiger partial charge >= 0.3 is 0 Å². The number of aromatic nitrogens is 1. The molecule has 1 N–H and O–H groups in total. The molecule has 0 radical (unpaired) electrons. The van der Waals surface area contributed by atoms with Gasteiger partial charge in [0.05, 0.1) is 17.7 Å². The molecule has 2 aliphatic rings. The first kappa shape index (κ1) is 15.7. The summed E-state index contributed by atoms with van der Waals surface area (Å²) in [5.74, 6) is 0.164. The fourth-order valence-electron chi connectivity index (χ4n) is 2.92. The molecule has 0 spiro atoms. The zero-order chi connectivity index (χ0) is 14.8. The number of hydrogen-bond acceptors (Lipinski definition) is 4. The standard InChI is InChI=1S/C14H19Br2N3O2/c15-13-10-9-17-3-1-11(10)19(14(13)16)12(20)2-4-18-5-7-21-8-6-18/h17H,1-9H2. The van der Waals surface area contributed by atoms with Gasteiger partial charge < -0.3 is 10.1 Å². The normalized spacial score (nSPS) is 19.5. The topological polar surface area (TPSA) is 46.5 Å². The number of hydrogen-bond donors (Lipinski definition) is 1. The number of carbonyl (C=O) groups is 1. The van der Waals surface area contributed by atoms with Crippen LogP contribution < -0.4 is 5.32 Å². The van der Waals surface area contributed by atoms with Gasteiger partial charge in [-0.05, 0) is 31.9 Å². The Bertz CT molecular complexity index is 539. The average molecular weight is 421 g/mol. The zero-order valence-electron chi connectivity index (χ0n) is 11.8. The van der Waals surface area contributed by atoms with Crippen LogP contribution in [0.15, 0.2) is 9.08 Å². The molecule has 1 aromatic rings. The molecule has 0 atom stereocenters. The summed E-state index contributed by atoms with van der Waals surface area (Å²) < 4.78 is 9.04. The number of carbonyl (C=O) groups excluding carboxylic acids is 1. The van der Waals surface area contributed by atoms with E-state index in [0.29, 0.717) is 6.42 Å². The van der Waals surface area contributed by atoms with Gasteiger partial charge in [-0.15, -0.1) is 0 Å². The molecule has 0 amide bonds. The number of rotatable bonds is 3. The van der Waals surface area contributed by atoms with Crippen molar-refractivity contribution in [3.05, 3.63) is 20.3 Å². The average Bonchev–Trinajstić information content (AvgIpc) is 2.78. The van der Waals surface area contributed by atoms with E-state index < -0.39 is 0 Å². The van der Waals surface area contributed by atoms with E-state index in [1.807, 2.05) is 4.57 Å². The number of morpholine rings is 1. The second-order valence-corrected chi connectivity index (χ2v) is 6.93. The molecule has 5 nitrogen and oxygen atoms in total. The first-order valence-corrected chi connectivity index (χ1v) is 8.88. The van der Waals surface area contributed by atoms with E-state index in [2.05, 4.69) is 42.1 Å². The lowest BCUT2D eigenvalue weighted by Crippen LogP contribution is -2.38. The van der Waals surface area contributed by atoms with E-state index in [1.54, 1.807) is 0 Å². The van der Waals surface area contributed by atoms with Crippen LogP contribution in [0.25, 0.3) is 0 Å². The first-order chi connectivity index (χ1) is 10.2. The maximum Gasteiger partial charge on any atom is 0.233 e. The second kappa shape index (κ2) is 6.91. The monoisotopic (exact) mass is 419 g/mol. The molecule has 0 saturated carbocycles. The van der Waals surface area contributed by atoms with Crippen LogP contribution in [0.2, 0.25) is 0 Å². The Morgan fingerprint density at radius 1 is 1.29 bits per heavy atom. The third-order valence-electron chi connectivity index (χ3n) is 4.10. The first-order valence-electron chi connectivity index (χ1n) is 7.30. The predicted octanol–water partition coefficient (Wildman–Crippen LogP) is 2.02. The zero-order valence-corrected chi connectivity index (χ0v) is 15.0. The van der Waals surface area contributed by atoms with Crippen LogP contribution in [-0.4, -0.2) is 54.8 Å². The summed E-state index contributed by atoms with van der Waals surface area (Å²) in [4.78, 5) is 14.9. The molecule has 3 heterocycles. The van der Waals surface area contributed by atoms with Crippen LogP contribution in [0.3, 0.4) is 0 Å². The van der Waals surface area contributed by atoms with Gasteiger partial charge in [0.2, 0.25) is 5.91 Å². The van der Waals surface area contributed by atoms with Gasteiger partial charge in [-0.3, -0.25) is 14.3 Å². The summed E-state index contributed by atoms with van der Waals surface area (Å²) in [5, 5.41) is 3.35. The van der Waals surface area contributed by atoms with Gasteiger partial charge in [0.1, 0.15) is 4.60 Å². The van der Waals surface area contributed by atoms with Gasteiger partial charge in [0.15, 0.2) is 0 Å². The number of nitrogens with one attached hydrogen (secondary N) is 1. The van der Waals surface area contributed by atoms with Crippen molar-refractivity contribution in [1.29, 1.82) is 0 Å². The summed E-state index contributed by atoms with van der Waals surface area (Å²) in [6.07, 6.45) is 1.43. The Kier molecular flexibility index (Phi) is 5.16. The summed E-state index contributed by atoms with van der Waals surface area (Å²) in [6, 6.07) is 0. The van der Waals surface area contributed by atoms with Gasteiger partial charge in [-0.2, -0.15) is 0 Å². The van der Waals surface area contributed by atoms with Crippen LogP contribution in [0.4, 0.5) is 0 Å². The number of halogens is 2. The maximum atomic E-state index is 12.6. The molecule has 0 unspecified atom stereocenters. The van der Waals surface area contributed by atoms with Crippen molar-refractivity contribution in [1.82, 2.24) is 14.8 Å². The van der Waals surface area contributed by atoms with Crippen molar-refractivity contribution in [2.75, 3.05) is 39.4 Å². The molecule has 21 heavy (non-hydrogen) atoms. The Hall–Kier alpha value is -0.210. The van der Waals surface area contributed by atoms with E-state index in [9.17, 15) is 4.79 Å². The highest BCUT2D eigenvalue weighted by atomic mass is 79.9. The van der Waals surface area contributed by atoms with Crippen molar-refractivity contribution >= 4 is 37.8 Å². The van der Waals surface area contributed by atoms with Crippen molar-refractivity contribution in [3.63, 3.8) is 0 Å². The molecule has 1 saturated heterocycles. The van der Waals surface area contributed by atoms with Crippen molar-refractivity contribution in [3.8, 4) is 0 Å². The van der Waals surface area contributed by atoms with E-state index in [4.69, 9.17) is 4.74 Å². The lowest BCUT2D eigenvalue weighted by Gasteiger charge is -2.26. The molecule has 0 bridgehead atoms. The Morgan fingerprint density at radius 3 is 2.81 bits per heavy atom. The highest BCUT2D eigenvalue weighted by Gasteiger charge is 2.25. The summed E-state index contributed by atoms with van der Waals surface area (Å²) in [7, 11) is 0. The third-order valence-corrected chi connectivity index (χ3v) is 6.23.